The van der Waals surface area contributed by atoms with Gasteiger partial charge < -0.3 is 9.64 Å². The standard InChI is InChI=1S/C25H33N5O3/c1-4-6-19-16-23(27-18(3)26-19)29-13-11-28(12-14-29)22-17-24(31)30(25(22)32)20-7-9-21(10-8-20)33-15-5-2/h7-10,16,22H,4-6,11-15,17H2,1-3H3. The van der Waals surface area contributed by atoms with Gasteiger partial charge in [0.15, 0.2) is 0 Å². The Morgan fingerprint density at radius 2 is 1.73 bits per heavy atom. The summed E-state index contributed by atoms with van der Waals surface area (Å²) in [4.78, 5) is 40.8. The van der Waals surface area contributed by atoms with Gasteiger partial charge in [-0.05, 0) is 44.0 Å². The number of hydrogen-bond acceptors (Lipinski definition) is 7. The van der Waals surface area contributed by atoms with E-state index >= 15 is 0 Å². The van der Waals surface area contributed by atoms with E-state index in [0.29, 0.717) is 25.4 Å². The lowest BCUT2D eigenvalue weighted by atomic mass is 10.1. The molecule has 4 rings (SSSR count). The fourth-order valence-electron chi connectivity index (χ4n) is 4.50. The molecular formula is C25H33N5O3. The molecule has 2 saturated heterocycles. The molecule has 176 valence electrons. The Labute approximate surface area is 195 Å². The number of carbonyl (C=O) groups excluding carboxylic acids is 2. The molecule has 2 aliphatic heterocycles. The summed E-state index contributed by atoms with van der Waals surface area (Å²) in [6.07, 6.45) is 3.14. The summed E-state index contributed by atoms with van der Waals surface area (Å²) in [6, 6.07) is 8.87. The van der Waals surface area contributed by atoms with Crippen molar-refractivity contribution in [1.82, 2.24) is 14.9 Å². The van der Waals surface area contributed by atoms with Crippen molar-refractivity contribution in [3.05, 3.63) is 41.9 Å². The quantitative estimate of drug-likeness (QED) is 0.571. The Balaban J connectivity index is 1.39. The van der Waals surface area contributed by atoms with Gasteiger partial charge in [-0.1, -0.05) is 20.3 Å². The number of benzene rings is 1. The maximum Gasteiger partial charge on any atom is 0.251 e. The lowest BCUT2D eigenvalue weighted by Gasteiger charge is -2.37. The van der Waals surface area contributed by atoms with Crippen LogP contribution < -0.4 is 14.5 Å². The molecule has 0 radical (unpaired) electrons. The van der Waals surface area contributed by atoms with Crippen LogP contribution in [0.5, 0.6) is 5.75 Å². The summed E-state index contributed by atoms with van der Waals surface area (Å²) in [5, 5.41) is 0. The molecule has 0 saturated carbocycles. The lowest BCUT2D eigenvalue weighted by molar-refractivity contribution is -0.123. The first kappa shape index (κ1) is 23.2. The van der Waals surface area contributed by atoms with Gasteiger partial charge in [-0.3, -0.25) is 14.5 Å². The van der Waals surface area contributed by atoms with Crippen LogP contribution in [-0.4, -0.2) is 65.5 Å². The minimum absolute atomic E-state index is 0.140. The van der Waals surface area contributed by atoms with Gasteiger partial charge in [-0.15, -0.1) is 0 Å². The molecule has 2 amide bonds. The molecule has 2 aromatic rings. The molecule has 0 N–H and O–H groups in total. The monoisotopic (exact) mass is 451 g/mol. The normalized spacial score (nSPS) is 19.4. The van der Waals surface area contributed by atoms with Crippen LogP contribution in [0.2, 0.25) is 0 Å². The molecular weight excluding hydrogens is 418 g/mol. The number of piperazine rings is 1. The molecule has 2 fully saturated rings. The predicted octanol–water partition coefficient (Wildman–Crippen LogP) is 2.98. The van der Waals surface area contributed by atoms with Crippen LogP contribution in [-0.2, 0) is 16.0 Å². The first-order valence-electron chi connectivity index (χ1n) is 11.9. The van der Waals surface area contributed by atoms with E-state index in [-0.39, 0.29) is 18.2 Å². The zero-order valence-electron chi connectivity index (χ0n) is 19.8. The number of nitrogens with zero attached hydrogens (tertiary/aromatic N) is 5. The van der Waals surface area contributed by atoms with E-state index in [2.05, 4.69) is 32.8 Å². The number of anilines is 2. The van der Waals surface area contributed by atoms with Gasteiger partial charge in [0.1, 0.15) is 17.4 Å². The highest BCUT2D eigenvalue weighted by atomic mass is 16.5. The topological polar surface area (TPSA) is 78.9 Å². The van der Waals surface area contributed by atoms with Gasteiger partial charge in [0, 0.05) is 37.9 Å². The highest BCUT2D eigenvalue weighted by molar-refractivity contribution is 6.22. The maximum absolute atomic E-state index is 13.2. The Morgan fingerprint density at radius 3 is 2.39 bits per heavy atom. The summed E-state index contributed by atoms with van der Waals surface area (Å²) in [6.45, 7) is 9.73. The van der Waals surface area contributed by atoms with E-state index in [4.69, 9.17) is 4.74 Å². The van der Waals surface area contributed by atoms with Crippen LogP contribution in [0.3, 0.4) is 0 Å². The Kier molecular flexibility index (Phi) is 7.23. The highest BCUT2D eigenvalue weighted by Gasteiger charge is 2.43. The second kappa shape index (κ2) is 10.3. The SMILES string of the molecule is CCCOc1ccc(N2C(=O)CC(N3CCN(c4cc(CCC)nc(C)n4)CC3)C2=O)cc1. The third kappa shape index (κ3) is 5.16. The van der Waals surface area contributed by atoms with Crippen molar-refractivity contribution in [3.8, 4) is 5.75 Å². The van der Waals surface area contributed by atoms with Crippen molar-refractivity contribution in [2.45, 2.75) is 52.5 Å². The average Bonchev–Trinajstić information content (AvgIpc) is 3.12. The summed E-state index contributed by atoms with van der Waals surface area (Å²) >= 11 is 0. The lowest BCUT2D eigenvalue weighted by Crippen LogP contribution is -2.52. The molecule has 1 aromatic heterocycles. The summed E-state index contributed by atoms with van der Waals surface area (Å²) in [5.74, 6) is 2.20. The summed E-state index contributed by atoms with van der Waals surface area (Å²) in [5.41, 5.74) is 1.68. The zero-order chi connectivity index (χ0) is 23.4. The van der Waals surface area contributed by atoms with Gasteiger partial charge in [-0.25, -0.2) is 14.9 Å². The van der Waals surface area contributed by atoms with E-state index in [0.717, 1.165) is 55.4 Å². The Bertz CT molecular complexity index is 986. The number of aryl methyl sites for hydroxylation is 2. The number of carbonyl (C=O) groups is 2. The molecule has 0 spiro atoms. The molecule has 33 heavy (non-hydrogen) atoms. The second-order valence-corrected chi connectivity index (χ2v) is 8.67. The second-order valence-electron chi connectivity index (χ2n) is 8.67. The van der Waals surface area contributed by atoms with E-state index in [1.54, 1.807) is 12.1 Å². The number of hydrogen-bond donors (Lipinski definition) is 0. The van der Waals surface area contributed by atoms with Gasteiger partial charge in [0.2, 0.25) is 5.91 Å². The van der Waals surface area contributed by atoms with E-state index in [1.165, 1.54) is 4.90 Å². The van der Waals surface area contributed by atoms with Gasteiger partial charge in [-0.2, -0.15) is 0 Å². The van der Waals surface area contributed by atoms with Gasteiger partial charge >= 0.3 is 0 Å². The Morgan fingerprint density at radius 1 is 1.00 bits per heavy atom. The molecule has 8 nitrogen and oxygen atoms in total. The molecule has 0 aliphatic carbocycles. The number of aromatic nitrogens is 2. The van der Waals surface area contributed by atoms with Crippen LogP contribution in [0, 0.1) is 6.92 Å². The molecule has 8 heteroatoms. The highest BCUT2D eigenvalue weighted by Crippen LogP contribution is 2.28. The van der Waals surface area contributed by atoms with Crippen molar-refractivity contribution >= 4 is 23.3 Å². The average molecular weight is 452 g/mol. The fourth-order valence-corrected chi connectivity index (χ4v) is 4.50. The number of amides is 2. The number of imide groups is 1. The smallest absolute Gasteiger partial charge is 0.251 e. The first-order valence-corrected chi connectivity index (χ1v) is 11.9. The van der Waals surface area contributed by atoms with Crippen LogP contribution in [0.25, 0.3) is 0 Å². The van der Waals surface area contributed by atoms with E-state index < -0.39 is 6.04 Å². The number of rotatable bonds is 8. The maximum atomic E-state index is 13.2. The number of ether oxygens (including phenoxy) is 1. The molecule has 0 bridgehead atoms. The molecule has 1 aromatic carbocycles. The molecule has 1 unspecified atom stereocenters. The van der Waals surface area contributed by atoms with E-state index in [9.17, 15) is 9.59 Å². The largest absolute Gasteiger partial charge is 0.494 e. The molecule has 3 heterocycles. The Hall–Kier alpha value is -3.00. The van der Waals surface area contributed by atoms with Crippen molar-refractivity contribution < 1.29 is 14.3 Å². The van der Waals surface area contributed by atoms with Crippen LogP contribution in [0.4, 0.5) is 11.5 Å². The minimum Gasteiger partial charge on any atom is -0.494 e. The van der Waals surface area contributed by atoms with Crippen molar-refractivity contribution in [3.63, 3.8) is 0 Å². The summed E-state index contributed by atoms with van der Waals surface area (Å²) < 4.78 is 5.61. The van der Waals surface area contributed by atoms with Crippen LogP contribution in [0.1, 0.15) is 44.6 Å². The van der Waals surface area contributed by atoms with E-state index in [1.807, 2.05) is 26.0 Å². The molecule has 1 atom stereocenters. The minimum atomic E-state index is -0.404. The van der Waals surface area contributed by atoms with Crippen molar-refractivity contribution in [2.75, 3.05) is 42.6 Å². The van der Waals surface area contributed by atoms with Crippen LogP contribution >= 0.6 is 0 Å². The van der Waals surface area contributed by atoms with Gasteiger partial charge in [0.25, 0.3) is 5.91 Å². The fraction of sp³-hybridized carbons (Fsp3) is 0.520. The van der Waals surface area contributed by atoms with Crippen molar-refractivity contribution in [1.29, 1.82) is 0 Å². The third-order valence-corrected chi connectivity index (χ3v) is 6.15. The van der Waals surface area contributed by atoms with Gasteiger partial charge in [0.05, 0.1) is 24.8 Å². The van der Waals surface area contributed by atoms with Crippen molar-refractivity contribution in [2.24, 2.45) is 0 Å². The first-order chi connectivity index (χ1) is 16.0. The summed E-state index contributed by atoms with van der Waals surface area (Å²) in [7, 11) is 0. The zero-order valence-corrected chi connectivity index (χ0v) is 19.8. The third-order valence-electron chi connectivity index (χ3n) is 6.15. The van der Waals surface area contributed by atoms with Crippen LogP contribution in [0.15, 0.2) is 30.3 Å². The molecule has 2 aliphatic rings. The predicted molar refractivity (Wildman–Crippen MR) is 128 cm³/mol.